The molecule has 20 heavy (non-hydrogen) atoms. The Morgan fingerprint density at radius 3 is 2.50 bits per heavy atom. The Morgan fingerprint density at radius 2 is 1.90 bits per heavy atom. The molecule has 112 valence electrons. The lowest BCUT2D eigenvalue weighted by molar-refractivity contribution is 0.198. The van der Waals surface area contributed by atoms with Crippen LogP contribution in [0.15, 0.2) is 12.1 Å². The average Bonchev–Trinajstić information content (AvgIpc) is 2.41. The zero-order chi connectivity index (χ0) is 14.7. The van der Waals surface area contributed by atoms with E-state index in [0.717, 1.165) is 22.7 Å². The van der Waals surface area contributed by atoms with Crippen molar-refractivity contribution in [2.75, 3.05) is 25.0 Å². The third-order valence-corrected chi connectivity index (χ3v) is 4.20. The van der Waals surface area contributed by atoms with Crippen LogP contribution < -0.4 is 5.32 Å². The van der Waals surface area contributed by atoms with E-state index in [4.69, 9.17) is 0 Å². The van der Waals surface area contributed by atoms with E-state index in [1.54, 1.807) is 0 Å². The minimum atomic E-state index is 0.423. The molecule has 1 aliphatic heterocycles. The predicted molar refractivity (Wildman–Crippen MR) is 85.5 cm³/mol. The van der Waals surface area contributed by atoms with Crippen molar-refractivity contribution in [3.05, 3.63) is 23.3 Å². The van der Waals surface area contributed by atoms with E-state index in [9.17, 15) is 5.11 Å². The lowest BCUT2D eigenvalue weighted by atomic mass is 10.0. The number of likely N-dealkylation sites (tertiary alicyclic amines) is 1. The number of nitrogens with zero attached hydrogens (tertiary/aromatic N) is 1. The molecule has 2 N–H and O–H groups in total. The number of phenolic OH excluding ortho intramolecular Hbond substituents is 1. The third-order valence-electron chi connectivity index (χ3n) is 4.20. The molecule has 3 nitrogen and oxygen atoms in total. The van der Waals surface area contributed by atoms with Gasteiger partial charge in [-0.15, -0.1) is 0 Å². The molecule has 3 heteroatoms. The monoisotopic (exact) mass is 276 g/mol. The Labute approximate surface area is 123 Å². The third kappa shape index (κ3) is 3.66. The highest BCUT2D eigenvalue weighted by Gasteiger charge is 2.20. The first-order chi connectivity index (χ1) is 9.47. The van der Waals surface area contributed by atoms with Crippen LogP contribution in [0.5, 0.6) is 5.75 Å². The second-order valence-corrected chi connectivity index (χ2v) is 6.52. The van der Waals surface area contributed by atoms with E-state index >= 15 is 0 Å². The number of aryl methyl sites for hydroxylation is 1. The van der Waals surface area contributed by atoms with Crippen LogP contribution in [0, 0.1) is 19.8 Å². The molecule has 1 aromatic rings. The molecule has 0 unspecified atom stereocenters. The van der Waals surface area contributed by atoms with Gasteiger partial charge in [0.1, 0.15) is 5.75 Å². The van der Waals surface area contributed by atoms with E-state index in [1.165, 1.54) is 32.5 Å². The van der Waals surface area contributed by atoms with E-state index in [1.807, 2.05) is 19.9 Å². The largest absolute Gasteiger partial charge is 0.507 e. The Kier molecular flexibility index (Phi) is 4.92. The maximum atomic E-state index is 10.0. The van der Waals surface area contributed by atoms with Gasteiger partial charge in [0.2, 0.25) is 0 Å². The van der Waals surface area contributed by atoms with Crippen LogP contribution in [-0.4, -0.2) is 35.7 Å². The van der Waals surface area contributed by atoms with Crippen molar-refractivity contribution in [3.63, 3.8) is 0 Å². The molecule has 1 saturated heterocycles. The lowest BCUT2D eigenvalue weighted by Gasteiger charge is -2.34. The first kappa shape index (κ1) is 15.2. The fourth-order valence-electron chi connectivity index (χ4n) is 2.99. The molecule has 0 atom stereocenters. The standard InChI is InChI=1S/C17H28N2O/c1-12(2)11-19-9-7-15(8-10-19)18-16-6-5-13(3)17(20)14(16)4/h5-6,12,15,18,20H,7-11H2,1-4H3. The summed E-state index contributed by atoms with van der Waals surface area (Å²) in [4.78, 5) is 2.56. The van der Waals surface area contributed by atoms with Crippen molar-refractivity contribution < 1.29 is 5.11 Å². The van der Waals surface area contributed by atoms with Crippen molar-refractivity contribution in [1.82, 2.24) is 4.90 Å². The SMILES string of the molecule is Cc1ccc(NC2CCN(CC(C)C)CC2)c(C)c1O. The van der Waals surface area contributed by atoms with E-state index in [0.29, 0.717) is 11.8 Å². The first-order valence-electron chi connectivity index (χ1n) is 7.75. The van der Waals surface area contributed by atoms with Gasteiger partial charge in [-0.1, -0.05) is 19.9 Å². The lowest BCUT2D eigenvalue weighted by Crippen LogP contribution is -2.40. The number of hydrogen-bond donors (Lipinski definition) is 2. The van der Waals surface area contributed by atoms with Gasteiger partial charge in [0.25, 0.3) is 0 Å². The maximum absolute atomic E-state index is 10.0. The number of rotatable bonds is 4. The summed E-state index contributed by atoms with van der Waals surface area (Å²) < 4.78 is 0. The Bertz CT molecular complexity index is 449. The van der Waals surface area contributed by atoms with E-state index in [-0.39, 0.29) is 0 Å². The first-order valence-corrected chi connectivity index (χ1v) is 7.75. The van der Waals surface area contributed by atoms with Crippen LogP contribution >= 0.6 is 0 Å². The van der Waals surface area contributed by atoms with Gasteiger partial charge in [0, 0.05) is 36.9 Å². The normalized spacial score (nSPS) is 17.6. The number of hydrogen-bond acceptors (Lipinski definition) is 3. The van der Waals surface area contributed by atoms with Crippen LogP contribution in [0.2, 0.25) is 0 Å². The Hall–Kier alpha value is -1.22. The summed E-state index contributed by atoms with van der Waals surface area (Å²) in [5, 5.41) is 13.6. The fourth-order valence-corrected chi connectivity index (χ4v) is 2.99. The Balaban J connectivity index is 1.91. The summed E-state index contributed by atoms with van der Waals surface area (Å²) in [6.45, 7) is 12.0. The van der Waals surface area contributed by atoms with Crippen LogP contribution in [0.1, 0.15) is 37.8 Å². The van der Waals surface area contributed by atoms with Gasteiger partial charge in [-0.3, -0.25) is 0 Å². The van der Waals surface area contributed by atoms with Gasteiger partial charge in [-0.25, -0.2) is 0 Å². The maximum Gasteiger partial charge on any atom is 0.123 e. The zero-order valence-electron chi connectivity index (χ0n) is 13.2. The molecule has 1 fully saturated rings. The zero-order valence-corrected chi connectivity index (χ0v) is 13.2. The van der Waals surface area contributed by atoms with Crippen molar-refractivity contribution in [2.24, 2.45) is 5.92 Å². The molecule has 0 spiro atoms. The van der Waals surface area contributed by atoms with Gasteiger partial charge in [-0.05, 0) is 44.2 Å². The van der Waals surface area contributed by atoms with Gasteiger partial charge in [0.15, 0.2) is 0 Å². The van der Waals surface area contributed by atoms with Crippen LogP contribution in [0.4, 0.5) is 5.69 Å². The smallest absolute Gasteiger partial charge is 0.123 e. The fraction of sp³-hybridized carbons (Fsp3) is 0.647. The molecule has 0 saturated carbocycles. The molecule has 0 aliphatic carbocycles. The molecule has 0 radical (unpaired) electrons. The number of phenols is 1. The van der Waals surface area contributed by atoms with Crippen molar-refractivity contribution >= 4 is 5.69 Å². The summed E-state index contributed by atoms with van der Waals surface area (Å²) >= 11 is 0. The second kappa shape index (κ2) is 6.49. The summed E-state index contributed by atoms with van der Waals surface area (Å²) in [6, 6.07) is 4.60. The van der Waals surface area contributed by atoms with Crippen LogP contribution in [-0.2, 0) is 0 Å². The summed E-state index contributed by atoms with van der Waals surface area (Å²) in [7, 11) is 0. The molecule has 0 bridgehead atoms. The molecule has 0 aromatic heterocycles. The van der Waals surface area contributed by atoms with Gasteiger partial charge in [0.05, 0.1) is 0 Å². The minimum Gasteiger partial charge on any atom is -0.507 e. The summed E-state index contributed by atoms with van der Waals surface area (Å²) in [5.74, 6) is 1.17. The molecule has 1 heterocycles. The summed E-state index contributed by atoms with van der Waals surface area (Å²) in [5.41, 5.74) is 2.99. The predicted octanol–water partition coefficient (Wildman–Crippen LogP) is 3.54. The van der Waals surface area contributed by atoms with Crippen molar-refractivity contribution in [3.8, 4) is 5.75 Å². The number of benzene rings is 1. The highest BCUT2D eigenvalue weighted by Crippen LogP contribution is 2.29. The molecule has 0 amide bonds. The van der Waals surface area contributed by atoms with Crippen LogP contribution in [0.25, 0.3) is 0 Å². The minimum absolute atomic E-state index is 0.423. The number of anilines is 1. The highest BCUT2D eigenvalue weighted by molar-refractivity contribution is 5.59. The molecule has 1 aliphatic rings. The van der Waals surface area contributed by atoms with Gasteiger partial charge >= 0.3 is 0 Å². The molecule has 1 aromatic carbocycles. The Morgan fingerprint density at radius 1 is 1.25 bits per heavy atom. The van der Waals surface area contributed by atoms with Crippen molar-refractivity contribution in [2.45, 2.75) is 46.6 Å². The molecular weight excluding hydrogens is 248 g/mol. The second-order valence-electron chi connectivity index (χ2n) is 6.52. The molecule has 2 rings (SSSR count). The molecular formula is C17H28N2O. The number of nitrogens with one attached hydrogen (secondary N) is 1. The highest BCUT2D eigenvalue weighted by atomic mass is 16.3. The topological polar surface area (TPSA) is 35.5 Å². The van der Waals surface area contributed by atoms with Gasteiger partial charge in [-0.2, -0.15) is 0 Å². The van der Waals surface area contributed by atoms with Crippen molar-refractivity contribution in [1.29, 1.82) is 0 Å². The quantitative estimate of drug-likeness (QED) is 0.883. The van der Waals surface area contributed by atoms with Crippen LogP contribution in [0.3, 0.4) is 0 Å². The van der Waals surface area contributed by atoms with Gasteiger partial charge < -0.3 is 15.3 Å². The number of aromatic hydroxyl groups is 1. The average molecular weight is 276 g/mol. The summed E-state index contributed by atoms with van der Waals surface area (Å²) in [6.07, 6.45) is 2.36. The number of piperidine rings is 1. The van der Waals surface area contributed by atoms with E-state index in [2.05, 4.69) is 30.1 Å². The van der Waals surface area contributed by atoms with E-state index < -0.39 is 0 Å².